The first kappa shape index (κ1) is 13.3. The van der Waals surface area contributed by atoms with Gasteiger partial charge >= 0.3 is 0 Å². The van der Waals surface area contributed by atoms with Crippen LogP contribution in [0.25, 0.3) is 0 Å². The van der Waals surface area contributed by atoms with Gasteiger partial charge in [0, 0.05) is 13.1 Å². The Balaban J connectivity index is 2.12. The molecule has 1 aliphatic heterocycles. The number of hydrogen-bond acceptors (Lipinski definition) is 2. The van der Waals surface area contributed by atoms with Crippen molar-refractivity contribution in [1.29, 1.82) is 0 Å². The van der Waals surface area contributed by atoms with Gasteiger partial charge in [0.1, 0.15) is 11.5 Å². The molecule has 0 amide bonds. The Morgan fingerprint density at radius 1 is 1.39 bits per heavy atom. The molecular formula is C14H20F2N2. The van der Waals surface area contributed by atoms with Gasteiger partial charge < -0.3 is 10.2 Å². The molecule has 1 atom stereocenters. The summed E-state index contributed by atoms with van der Waals surface area (Å²) in [7, 11) is 0. The van der Waals surface area contributed by atoms with Crippen molar-refractivity contribution in [2.45, 2.75) is 20.3 Å². The maximum atomic E-state index is 14.0. The summed E-state index contributed by atoms with van der Waals surface area (Å²) in [6, 6.07) is 2.84. The van der Waals surface area contributed by atoms with E-state index in [1.165, 1.54) is 12.1 Å². The highest BCUT2D eigenvalue weighted by Crippen LogP contribution is 2.30. The monoisotopic (exact) mass is 254 g/mol. The molecule has 4 heteroatoms. The van der Waals surface area contributed by atoms with E-state index < -0.39 is 11.6 Å². The molecule has 0 bridgehead atoms. The maximum absolute atomic E-state index is 14.0. The second-order valence-electron chi connectivity index (χ2n) is 4.94. The molecule has 0 aliphatic carbocycles. The summed E-state index contributed by atoms with van der Waals surface area (Å²) in [6.07, 6.45) is 0.986. The lowest BCUT2D eigenvalue weighted by molar-refractivity contribution is 0.524. The van der Waals surface area contributed by atoms with Crippen LogP contribution in [0.5, 0.6) is 0 Å². The molecule has 0 saturated carbocycles. The number of anilines is 1. The van der Waals surface area contributed by atoms with Crippen LogP contribution in [-0.2, 0) is 0 Å². The molecule has 1 N–H and O–H groups in total. The largest absolute Gasteiger partial charge is 0.366 e. The molecule has 1 heterocycles. The Morgan fingerprint density at radius 2 is 2.17 bits per heavy atom. The van der Waals surface area contributed by atoms with Gasteiger partial charge in [-0.25, -0.2) is 8.78 Å². The van der Waals surface area contributed by atoms with E-state index in [4.69, 9.17) is 0 Å². The van der Waals surface area contributed by atoms with E-state index in [1.807, 2.05) is 4.90 Å². The minimum Gasteiger partial charge on any atom is -0.366 e. The maximum Gasteiger partial charge on any atom is 0.152 e. The van der Waals surface area contributed by atoms with E-state index >= 15 is 0 Å². The molecule has 100 valence electrons. The van der Waals surface area contributed by atoms with Gasteiger partial charge in [0.05, 0.1) is 0 Å². The molecule has 1 unspecified atom stereocenters. The van der Waals surface area contributed by atoms with Gasteiger partial charge in [-0.1, -0.05) is 13.0 Å². The smallest absolute Gasteiger partial charge is 0.152 e. The molecule has 0 spiro atoms. The summed E-state index contributed by atoms with van der Waals surface area (Å²) in [6.45, 7) is 7.04. The van der Waals surface area contributed by atoms with Crippen LogP contribution in [0.1, 0.15) is 18.9 Å². The predicted octanol–water partition coefficient (Wildman–Crippen LogP) is 2.71. The molecule has 1 saturated heterocycles. The van der Waals surface area contributed by atoms with Crippen LogP contribution in [0, 0.1) is 24.5 Å². The van der Waals surface area contributed by atoms with Crippen LogP contribution in [0.4, 0.5) is 14.5 Å². The van der Waals surface area contributed by atoms with Gasteiger partial charge in [-0.05, 0) is 44.0 Å². The van der Waals surface area contributed by atoms with Gasteiger partial charge in [0.2, 0.25) is 0 Å². The lowest BCUT2D eigenvalue weighted by Crippen LogP contribution is -2.27. The first-order chi connectivity index (χ1) is 8.63. The van der Waals surface area contributed by atoms with Crippen LogP contribution < -0.4 is 10.2 Å². The summed E-state index contributed by atoms with van der Waals surface area (Å²) in [4.78, 5) is 1.83. The van der Waals surface area contributed by atoms with Gasteiger partial charge in [-0.3, -0.25) is 0 Å². The Bertz CT molecular complexity index is 421. The van der Waals surface area contributed by atoms with E-state index in [0.717, 1.165) is 32.6 Å². The van der Waals surface area contributed by atoms with Crippen LogP contribution in [0.3, 0.4) is 0 Å². The Hall–Kier alpha value is -1.16. The zero-order valence-electron chi connectivity index (χ0n) is 11.0. The topological polar surface area (TPSA) is 15.3 Å². The quantitative estimate of drug-likeness (QED) is 0.888. The summed E-state index contributed by atoms with van der Waals surface area (Å²) < 4.78 is 27.8. The average Bonchev–Trinajstić information content (AvgIpc) is 2.80. The van der Waals surface area contributed by atoms with E-state index in [-0.39, 0.29) is 5.69 Å². The van der Waals surface area contributed by atoms with Gasteiger partial charge in [-0.2, -0.15) is 0 Å². The SMILES string of the molecule is CCNCC1CCN(c2c(F)ccc(C)c2F)C1. The summed E-state index contributed by atoms with van der Waals surface area (Å²) in [5.41, 5.74) is 0.649. The first-order valence-electron chi connectivity index (χ1n) is 6.53. The third-order valence-electron chi connectivity index (χ3n) is 3.55. The van der Waals surface area contributed by atoms with Crippen molar-refractivity contribution in [3.63, 3.8) is 0 Å². The number of halogens is 2. The molecule has 1 aliphatic rings. The van der Waals surface area contributed by atoms with Crippen LogP contribution in [-0.4, -0.2) is 26.2 Å². The van der Waals surface area contributed by atoms with Crippen molar-refractivity contribution in [3.05, 3.63) is 29.3 Å². The second kappa shape index (κ2) is 5.65. The summed E-state index contributed by atoms with van der Waals surface area (Å²) in [5, 5.41) is 3.29. The number of aryl methyl sites for hydroxylation is 1. The van der Waals surface area contributed by atoms with Crippen molar-refractivity contribution in [2.24, 2.45) is 5.92 Å². The van der Waals surface area contributed by atoms with Crippen LogP contribution in [0.2, 0.25) is 0 Å². The van der Waals surface area contributed by atoms with E-state index in [0.29, 0.717) is 11.5 Å². The lowest BCUT2D eigenvalue weighted by Gasteiger charge is -2.21. The third-order valence-corrected chi connectivity index (χ3v) is 3.55. The molecule has 1 aromatic carbocycles. The second-order valence-corrected chi connectivity index (χ2v) is 4.94. The predicted molar refractivity (Wildman–Crippen MR) is 70.0 cm³/mol. The number of hydrogen-bond donors (Lipinski definition) is 1. The molecule has 1 fully saturated rings. The van der Waals surface area contributed by atoms with E-state index in [2.05, 4.69) is 12.2 Å². The number of nitrogens with zero attached hydrogens (tertiary/aromatic N) is 1. The Kier molecular flexibility index (Phi) is 4.17. The molecule has 0 aromatic heterocycles. The van der Waals surface area contributed by atoms with Gasteiger partial charge in [-0.15, -0.1) is 0 Å². The van der Waals surface area contributed by atoms with Crippen molar-refractivity contribution < 1.29 is 8.78 Å². The molecule has 2 nitrogen and oxygen atoms in total. The van der Waals surface area contributed by atoms with Crippen molar-refractivity contribution >= 4 is 5.69 Å². The van der Waals surface area contributed by atoms with E-state index in [9.17, 15) is 8.78 Å². The summed E-state index contributed by atoms with van der Waals surface area (Å²) in [5.74, 6) is -0.398. The lowest BCUT2D eigenvalue weighted by atomic mass is 10.1. The van der Waals surface area contributed by atoms with Crippen LogP contribution in [0.15, 0.2) is 12.1 Å². The normalized spacial score (nSPS) is 19.6. The highest BCUT2D eigenvalue weighted by Gasteiger charge is 2.26. The fourth-order valence-corrected chi connectivity index (χ4v) is 2.48. The van der Waals surface area contributed by atoms with Crippen LogP contribution >= 0.6 is 0 Å². The third kappa shape index (κ3) is 2.64. The van der Waals surface area contributed by atoms with Gasteiger partial charge in [0.15, 0.2) is 5.82 Å². The zero-order valence-corrected chi connectivity index (χ0v) is 11.0. The van der Waals surface area contributed by atoms with E-state index in [1.54, 1.807) is 6.92 Å². The Morgan fingerprint density at radius 3 is 2.89 bits per heavy atom. The molecule has 1 aromatic rings. The fourth-order valence-electron chi connectivity index (χ4n) is 2.48. The van der Waals surface area contributed by atoms with Crippen molar-refractivity contribution in [3.8, 4) is 0 Å². The first-order valence-corrected chi connectivity index (χ1v) is 6.53. The molecule has 0 radical (unpaired) electrons. The van der Waals surface area contributed by atoms with Gasteiger partial charge in [0.25, 0.3) is 0 Å². The number of benzene rings is 1. The minimum absolute atomic E-state index is 0.147. The highest BCUT2D eigenvalue weighted by atomic mass is 19.1. The zero-order chi connectivity index (χ0) is 13.1. The van der Waals surface area contributed by atoms with Crippen molar-refractivity contribution in [1.82, 2.24) is 5.32 Å². The average molecular weight is 254 g/mol. The Labute approximate surface area is 107 Å². The standard InChI is InChI=1S/C14H20F2N2/c1-3-17-8-11-6-7-18(9-11)14-12(15)5-4-10(2)13(14)16/h4-5,11,17H,3,6-9H2,1-2H3. The minimum atomic E-state index is -0.456. The highest BCUT2D eigenvalue weighted by molar-refractivity contribution is 5.52. The number of nitrogens with one attached hydrogen (secondary N) is 1. The molecule has 18 heavy (non-hydrogen) atoms. The molecular weight excluding hydrogens is 234 g/mol. The molecule has 2 rings (SSSR count). The summed E-state index contributed by atoms with van der Waals surface area (Å²) >= 11 is 0. The van der Waals surface area contributed by atoms with Crippen molar-refractivity contribution in [2.75, 3.05) is 31.1 Å². The fraction of sp³-hybridized carbons (Fsp3) is 0.571. The number of rotatable bonds is 4.